The number of amides is 1. The Kier molecular flexibility index (Phi) is 5.08. The number of carbonyl (C=O) groups excluding carboxylic acids is 1. The predicted molar refractivity (Wildman–Crippen MR) is 108 cm³/mol. The molecule has 1 fully saturated rings. The van der Waals surface area contributed by atoms with Gasteiger partial charge in [0.1, 0.15) is 11.1 Å². The molecule has 0 spiro atoms. The molecule has 136 valence electrons. The minimum absolute atomic E-state index is 0.151. The molecule has 0 radical (unpaired) electrons. The van der Waals surface area contributed by atoms with E-state index in [1.165, 1.54) is 4.70 Å². The maximum atomic E-state index is 12.6. The van der Waals surface area contributed by atoms with Crippen molar-refractivity contribution in [2.24, 2.45) is 0 Å². The van der Waals surface area contributed by atoms with Crippen molar-refractivity contribution in [1.82, 2.24) is 9.88 Å². The molecule has 27 heavy (non-hydrogen) atoms. The molecule has 1 amide bonds. The lowest BCUT2D eigenvalue weighted by Crippen LogP contribution is -2.33. The number of aromatic nitrogens is 1. The zero-order valence-electron chi connectivity index (χ0n) is 14.5. The van der Waals surface area contributed by atoms with Gasteiger partial charge in [-0.3, -0.25) is 9.69 Å². The smallest absolute Gasteiger partial charge is 0.238 e. The van der Waals surface area contributed by atoms with Crippen molar-refractivity contribution in [3.63, 3.8) is 0 Å². The van der Waals surface area contributed by atoms with Gasteiger partial charge in [0.25, 0.3) is 0 Å². The third-order valence-electron chi connectivity index (χ3n) is 4.68. The Morgan fingerprint density at radius 2 is 2.22 bits per heavy atom. The molecule has 1 saturated heterocycles. The molecule has 0 aliphatic carbocycles. The van der Waals surface area contributed by atoms with Gasteiger partial charge >= 0.3 is 0 Å². The van der Waals surface area contributed by atoms with Crippen LogP contribution in [0.4, 0.5) is 5.69 Å². The lowest BCUT2D eigenvalue weighted by molar-refractivity contribution is -0.117. The van der Waals surface area contributed by atoms with Crippen LogP contribution in [0.3, 0.4) is 0 Å². The monoisotopic (exact) mass is 396 g/mol. The topological polar surface area (TPSA) is 69.0 Å². The first-order chi connectivity index (χ1) is 13.1. The fraction of sp³-hybridized carbons (Fsp3) is 0.250. The molecule has 4 rings (SSSR count). The molecule has 0 bridgehead atoms. The molecule has 5 nitrogen and oxygen atoms in total. The van der Waals surface area contributed by atoms with Crippen molar-refractivity contribution in [1.29, 1.82) is 5.26 Å². The van der Waals surface area contributed by atoms with E-state index in [-0.39, 0.29) is 18.5 Å². The highest BCUT2D eigenvalue weighted by atomic mass is 35.5. The average molecular weight is 397 g/mol. The zero-order valence-corrected chi connectivity index (χ0v) is 16.1. The van der Waals surface area contributed by atoms with Crippen molar-refractivity contribution >= 4 is 44.7 Å². The second-order valence-corrected chi connectivity index (χ2v) is 8.00. The maximum absolute atomic E-state index is 12.6. The predicted octanol–water partition coefficient (Wildman–Crippen LogP) is 4.60. The summed E-state index contributed by atoms with van der Waals surface area (Å²) in [5, 5.41) is 13.6. The molecule has 1 aromatic heterocycles. The number of thiazole rings is 1. The van der Waals surface area contributed by atoms with Crippen molar-refractivity contribution in [3.05, 3.63) is 58.1 Å². The summed E-state index contributed by atoms with van der Waals surface area (Å²) in [4.78, 5) is 19.5. The first-order valence-corrected chi connectivity index (χ1v) is 9.92. The van der Waals surface area contributed by atoms with E-state index >= 15 is 0 Å². The van der Waals surface area contributed by atoms with Crippen molar-refractivity contribution in [2.45, 2.75) is 18.9 Å². The summed E-state index contributed by atoms with van der Waals surface area (Å²) in [5.41, 5.74) is 1.86. The van der Waals surface area contributed by atoms with Crippen LogP contribution in [0.15, 0.2) is 42.5 Å². The Hall–Kier alpha value is -2.46. The van der Waals surface area contributed by atoms with Gasteiger partial charge in [-0.05, 0) is 49.7 Å². The molecule has 1 aliphatic heterocycles. The second kappa shape index (κ2) is 7.65. The average Bonchev–Trinajstić information content (AvgIpc) is 3.28. The van der Waals surface area contributed by atoms with E-state index in [0.717, 1.165) is 29.9 Å². The number of halogens is 1. The zero-order chi connectivity index (χ0) is 18.8. The summed E-state index contributed by atoms with van der Waals surface area (Å²) in [6, 6.07) is 15.2. The standard InChI is InChI=1S/C20H17ClN4OS/c21-14-8-7-13(11-22)16(10-14)23-19(26)12-25-9-3-5-17(25)20-24-15-4-1-2-6-18(15)27-20/h1-2,4,6-8,10,17H,3,5,9,12H2,(H,23,26). The fourth-order valence-electron chi connectivity index (χ4n) is 3.42. The number of hydrogen-bond donors (Lipinski definition) is 1. The number of para-hydroxylation sites is 1. The Labute approximate surface area is 166 Å². The van der Waals surface area contributed by atoms with Gasteiger partial charge in [-0.2, -0.15) is 5.26 Å². The van der Waals surface area contributed by atoms with Crippen LogP contribution in [0.1, 0.15) is 29.5 Å². The number of nitrogens with zero attached hydrogens (tertiary/aromatic N) is 3. The van der Waals surface area contributed by atoms with Crippen molar-refractivity contribution in [3.8, 4) is 6.07 Å². The van der Waals surface area contributed by atoms with Crippen LogP contribution >= 0.6 is 22.9 Å². The Bertz CT molecular complexity index is 1010. The molecule has 7 heteroatoms. The van der Waals surface area contributed by atoms with Gasteiger partial charge in [0, 0.05) is 5.02 Å². The van der Waals surface area contributed by atoms with E-state index < -0.39 is 0 Å². The number of rotatable bonds is 4. The summed E-state index contributed by atoms with van der Waals surface area (Å²) in [6.45, 7) is 1.12. The van der Waals surface area contributed by atoms with Crippen LogP contribution in [0.25, 0.3) is 10.2 Å². The summed E-state index contributed by atoms with van der Waals surface area (Å²) in [6.07, 6.45) is 2.03. The molecular weight excluding hydrogens is 380 g/mol. The third kappa shape index (κ3) is 3.81. The normalized spacial score (nSPS) is 17.1. The highest BCUT2D eigenvalue weighted by Crippen LogP contribution is 2.36. The minimum Gasteiger partial charge on any atom is -0.324 e. The van der Waals surface area contributed by atoms with Crippen LogP contribution in [0.2, 0.25) is 5.02 Å². The lowest BCUT2D eigenvalue weighted by Gasteiger charge is -2.22. The van der Waals surface area contributed by atoms with E-state index in [1.807, 2.05) is 18.2 Å². The quantitative estimate of drug-likeness (QED) is 0.699. The molecule has 2 aromatic carbocycles. The number of likely N-dealkylation sites (tertiary alicyclic amines) is 1. The van der Waals surface area contributed by atoms with Gasteiger partial charge < -0.3 is 5.32 Å². The van der Waals surface area contributed by atoms with Crippen molar-refractivity contribution in [2.75, 3.05) is 18.4 Å². The molecule has 1 N–H and O–H groups in total. The van der Waals surface area contributed by atoms with E-state index in [2.05, 4.69) is 22.4 Å². The van der Waals surface area contributed by atoms with Gasteiger partial charge in [0.05, 0.1) is 34.1 Å². The molecule has 0 saturated carbocycles. The van der Waals surface area contributed by atoms with Gasteiger partial charge in [0.2, 0.25) is 5.91 Å². The summed E-state index contributed by atoms with van der Waals surface area (Å²) in [7, 11) is 0. The Morgan fingerprint density at radius 3 is 3.04 bits per heavy atom. The van der Waals surface area contributed by atoms with Crippen molar-refractivity contribution < 1.29 is 4.79 Å². The molecule has 3 aromatic rings. The number of carbonyl (C=O) groups is 1. The SMILES string of the molecule is N#Cc1ccc(Cl)cc1NC(=O)CN1CCCC1c1nc2ccccc2s1. The summed E-state index contributed by atoms with van der Waals surface area (Å²) < 4.78 is 1.17. The summed E-state index contributed by atoms with van der Waals surface area (Å²) in [5.74, 6) is -0.151. The lowest BCUT2D eigenvalue weighted by atomic mass is 10.2. The molecule has 2 heterocycles. The Balaban J connectivity index is 1.49. The Morgan fingerprint density at radius 1 is 1.37 bits per heavy atom. The van der Waals surface area contributed by atoms with E-state index in [9.17, 15) is 10.1 Å². The molecular formula is C20H17ClN4OS. The van der Waals surface area contributed by atoms with Gasteiger partial charge in [-0.25, -0.2) is 4.98 Å². The van der Waals surface area contributed by atoms with Crippen LogP contribution < -0.4 is 5.32 Å². The number of nitriles is 1. The highest BCUT2D eigenvalue weighted by molar-refractivity contribution is 7.18. The first-order valence-electron chi connectivity index (χ1n) is 8.73. The molecule has 1 atom stereocenters. The molecule has 1 aliphatic rings. The maximum Gasteiger partial charge on any atom is 0.238 e. The van der Waals surface area contributed by atoms with Crippen LogP contribution in [0.5, 0.6) is 0 Å². The largest absolute Gasteiger partial charge is 0.324 e. The summed E-state index contributed by atoms with van der Waals surface area (Å²) >= 11 is 7.68. The molecule has 1 unspecified atom stereocenters. The highest BCUT2D eigenvalue weighted by Gasteiger charge is 2.30. The van der Waals surface area contributed by atoms with E-state index in [1.54, 1.807) is 29.5 Å². The van der Waals surface area contributed by atoms with E-state index in [4.69, 9.17) is 16.6 Å². The number of fused-ring (bicyclic) bond motifs is 1. The van der Waals surface area contributed by atoms with Gasteiger partial charge in [-0.1, -0.05) is 23.7 Å². The number of nitrogens with one attached hydrogen (secondary N) is 1. The van der Waals surface area contributed by atoms with Gasteiger partial charge in [0.15, 0.2) is 0 Å². The van der Waals surface area contributed by atoms with Gasteiger partial charge in [-0.15, -0.1) is 11.3 Å². The second-order valence-electron chi connectivity index (χ2n) is 6.50. The number of benzene rings is 2. The number of hydrogen-bond acceptors (Lipinski definition) is 5. The fourth-order valence-corrected chi connectivity index (χ4v) is 4.73. The first kappa shape index (κ1) is 17.9. The minimum atomic E-state index is -0.151. The number of anilines is 1. The van der Waals surface area contributed by atoms with Crippen LogP contribution in [-0.4, -0.2) is 28.9 Å². The van der Waals surface area contributed by atoms with Crippen LogP contribution in [0, 0.1) is 11.3 Å². The van der Waals surface area contributed by atoms with Crippen LogP contribution in [-0.2, 0) is 4.79 Å². The third-order valence-corrected chi connectivity index (χ3v) is 6.05. The van der Waals surface area contributed by atoms with E-state index in [0.29, 0.717) is 16.3 Å².